The summed E-state index contributed by atoms with van der Waals surface area (Å²) in [7, 11) is -6.89. The zero-order valence-corrected chi connectivity index (χ0v) is 27.3. The van der Waals surface area contributed by atoms with Gasteiger partial charge in [-0.3, -0.25) is 0 Å². The summed E-state index contributed by atoms with van der Waals surface area (Å²) in [5, 5.41) is -0.281. The van der Waals surface area contributed by atoms with Crippen molar-refractivity contribution in [1.82, 2.24) is 0 Å². The fourth-order valence-corrected chi connectivity index (χ4v) is 5.02. The topological polar surface area (TPSA) is 61.8 Å². The second kappa shape index (κ2) is 9.58. The third-order valence-corrected chi connectivity index (χ3v) is 20.8. The van der Waals surface area contributed by atoms with E-state index in [9.17, 15) is 9.59 Å². The molecule has 34 heavy (non-hydrogen) atoms. The van der Waals surface area contributed by atoms with E-state index in [-0.39, 0.29) is 15.1 Å². The molecule has 0 saturated carbocycles. The summed E-state index contributed by atoms with van der Waals surface area (Å²) < 4.78 is 18.6. The first-order valence-electron chi connectivity index (χ1n) is 12.1. The average molecular weight is 525 g/mol. The minimum Gasteiger partial charge on any atom is -0.543 e. The largest absolute Gasteiger partial charge is 0.543 e. The zero-order chi connectivity index (χ0) is 27.1. The van der Waals surface area contributed by atoms with Gasteiger partial charge in [0.2, 0.25) is 8.32 Å². The van der Waals surface area contributed by atoms with Crippen molar-refractivity contribution in [3.63, 3.8) is 0 Å². The van der Waals surface area contributed by atoms with Crippen molar-refractivity contribution in [3.05, 3.63) is 29.3 Å². The van der Waals surface area contributed by atoms with Crippen LogP contribution in [0.5, 0.6) is 5.75 Å². The lowest BCUT2D eigenvalue weighted by Gasteiger charge is -2.37. The summed E-state index contributed by atoms with van der Waals surface area (Å²) in [6, 6.07) is 5.00. The summed E-state index contributed by atoms with van der Waals surface area (Å²) in [5.74, 6) is -0.333. The van der Waals surface area contributed by atoms with Crippen LogP contribution < -0.4 is 4.43 Å². The van der Waals surface area contributed by atoms with E-state index in [0.717, 1.165) is 0 Å². The molecule has 0 radical (unpaired) electrons. The number of hydrogen-bond acceptors (Lipinski definition) is 5. The number of hydrogen-bond donors (Lipinski definition) is 0. The molecule has 0 aromatic heterocycles. The minimum atomic E-state index is -2.34. The molecule has 0 bridgehead atoms. The molecule has 5 nitrogen and oxygen atoms in total. The van der Waals surface area contributed by atoms with Crippen LogP contribution >= 0.6 is 0 Å². The summed E-state index contributed by atoms with van der Waals surface area (Å²) >= 11 is 0. The van der Waals surface area contributed by atoms with Crippen LogP contribution in [-0.2, 0) is 8.85 Å². The normalized spacial score (nSPS) is 14.0. The highest BCUT2D eigenvalue weighted by Crippen LogP contribution is 2.40. The molecule has 0 amide bonds. The van der Waals surface area contributed by atoms with Crippen molar-refractivity contribution in [2.45, 2.75) is 117 Å². The molecule has 1 aromatic carbocycles. The van der Waals surface area contributed by atoms with Crippen molar-refractivity contribution >= 4 is 36.9 Å². The SMILES string of the molecule is CC(C)(C)[Si](C)(C)OC(=O)c1cc(O[Si](C)(C)C(C)(C)C)cc(C(=O)O[Si](C)(C)C(C)(C)C)c1. The minimum absolute atomic E-state index is 0.0353. The van der Waals surface area contributed by atoms with Crippen LogP contribution in [0.15, 0.2) is 18.2 Å². The van der Waals surface area contributed by atoms with Gasteiger partial charge < -0.3 is 13.3 Å². The van der Waals surface area contributed by atoms with Gasteiger partial charge in [-0.1, -0.05) is 62.3 Å². The zero-order valence-electron chi connectivity index (χ0n) is 24.3. The highest BCUT2D eigenvalue weighted by atomic mass is 28.4. The Bertz CT molecular complexity index is 856. The molecule has 0 aliphatic rings. The van der Waals surface area contributed by atoms with E-state index in [1.165, 1.54) is 0 Å². The maximum absolute atomic E-state index is 13.3. The molecule has 0 heterocycles. The van der Waals surface area contributed by atoms with Gasteiger partial charge in [-0.15, -0.1) is 0 Å². The van der Waals surface area contributed by atoms with Gasteiger partial charge in [-0.2, -0.15) is 0 Å². The molecule has 0 fully saturated rings. The Morgan fingerprint density at radius 1 is 0.559 bits per heavy atom. The molecule has 1 rings (SSSR count). The monoisotopic (exact) mass is 524 g/mol. The molecule has 1 aromatic rings. The van der Waals surface area contributed by atoms with Crippen LogP contribution in [0, 0.1) is 0 Å². The Hall–Kier alpha value is -1.39. The van der Waals surface area contributed by atoms with E-state index < -0.39 is 36.9 Å². The lowest BCUT2D eigenvalue weighted by Crippen LogP contribution is -2.44. The van der Waals surface area contributed by atoms with Crippen LogP contribution in [-0.4, -0.2) is 36.9 Å². The molecular weight excluding hydrogens is 477 g/mol. The summed E-state index contributed by atoms with van der Waals surface area (Å²) in [6.07, 6.45) is 0. The Morgan fingerprint density at radius 2 is 0.853 bits per heavy atom. The maximum atomic E-state index is 13.3. The Labute approximate surface area is 211 Å². The van der Waals surface area contributed by atoms with E-state index in [4.69, 9.17) is 13.3 Å². The number of carbonyl (C=O) groups excluding carboxylic acids is 2. The van der Waals surface area contributed by atoms with Crippen molar-refractivity contribution < 1.29 is 22.9 Å². The molecule has 0 N–H and O–H groups in total. The van der Waals surface area contributed by atoms with Crippen LogP contribution in [0.4, 0.5) is 0 Å². The lowest BCUT2D eigenvalue weighted by molar-refractivity contribution is 0.0712. The van der Waals surface area contributed by atoms with Crippen LogP contribution in [0.3, 0.4) is 0 Å². The fourth-order valence-electron chi connectivity index (χ4n) is 2.23. The number of carbonyl (C=O) groups is 2. The second-order valence-electron chi connectivity index (χ2n) is 13.9. The van der Waals surface area contributed by atoms with E-state index >= 15 is 0 Å². The summed E-state index contributed by atoms with van der Waals surface area (Å²) in [6.45, 7) is 31.4. The number of benzene rings is 1. The van der Waals surface area contributed by atoms with Gasteiger partial charge in [-0.05, 0) is 72.6 Å². The molecule has 0 atom stereocenters. The first-order chi connectivity index (χ1) is 14.8. The summed E-state index contributed by atoms with van der Waals surface area (Å²) in [4.78, 5) is 26.5. The van der Waals surface area contributed by atoms with Gasteiger partial charge in [0.1, 0.15) is 5.75 Å². The third-order valence-electron chi connectivity index (χ3n) is 7.87. The molecule has 0 spiro atoms. The second-order valence-corrected chi connectivity index (χ2v) is 28.1. The predicted octanol–water partition coefficient (Wildman–Crippen LogP) is 8.39. The fraction of sp³-hybridized carbons (Fsp3) is 0.692. The smallest absolute Gasteiger partial charge is 0.324 e. The highest BCUT2D eigenvalue weighted by molar-refractivity contribution is 6.76. The predicted molar refractivity (Wildman–Crippen MR) is 149 cm³/mol. The van der Waals surface area contributed by atoms with Gasteiger partial charge in [0.05, 0.1) is 11.1 Å². The molecule has 8 heteroatoms. The first-order valence-corrected chi connectivity index (χ1v) is 20.8. The van der Waals surface area contributed by atoms with Gasteiger partial charge in [0.15, 0.2) is 0 Å². The quantitative estimate of drug-likeness (QED) is 0.350. The van der Waals surface area contributed by atoms with E-state index in [0.29, 0.717) is 16.9 Å². The molecule has 0 aliphatic heterocycles. The van der Waals surface area contributed by atoms with Gasteiger partial charge in [0, 0.05) is 0 Å². The van der Waals surface area contributed by atoms with Crippen molar-refractivity contribution in [2.24, 2.45) is 0 Å². The number of rotatable bonds is 6. The molecule has 0 unspecified atom stereocenters. The Kier molecular flexibility index (Phi) is 8.63. The summed E-state index contributed by atoms with van der Waals surface area (Å²) in [5.41, 5.74) is 0.645. The standard InChI is InChI=1S/C26H48O5Si3/c1-24(2,3)32(10,11)29-21-17-19(22(27)30-33(12,13)25(4,5)6)16-20(18-21)23(28)31-34(14,15)26(7,8)9/h16-18H,1-15H3. The average Bonchev–Trinajstić information content (AvgIpc) is 2.57. The van der Waals surface area contributed by atoms with E-state index in [1.807, 2.05) is 26.2 Å². The lowest BCUT2D eigenvalue weighted by atomic mass is 10.1. The van der Waals surface area contributed by atoms with Crippen molar-refractivity contribution in [1.29, 1.82) is 0 Å². The van der Waals surface area contributed by atoms with Gasteiger partial charge in [-0.25, -0.2) is 9.59 Å². The van der Waals surface area contributed by atoms with E-state index in [1.54, 1.807) is 18.2 Å². The third kappa shape index (κ3) is 7.31. The van der Waals surface area contributed by atoms with Crippen molar-refractivity contribution in [2.75, 3.05) is 0 Å². The van der Waals surface area contributed by atoms with Gasteiger partial charge in [0.25, 0.3) is 16.6 Å². The molecular formula is C26H48O5Si3. The Balaban J connectivity index is 3.52. The van der Waals surface area contributed by atoms with E-state index in [2.05, 4.69) is 75.4 Å². The molecule has 194 valence electrons. The molecule has 0 saturated heterocycles. The van der Waals surface area contributed by atoms with Gasteiger partial charge >= 0.3 is 11.9 Å². The highest BCUT2D eigenvalue weighted by Gasteiger charge is 2.43. The Morgan fingerprint density at radius 3 is 1.12 bits per heavy atom. The molecule has 0 aliphatic carbocycles. The van der Waals surface area contributed by atoms with Crippen LogP contribution in [0.25, 0.3) is 0 Å². The van der Waals surface area contributed by atoms with Crippen LogP contribution in [0.2, 0.25) is 54.4 Å². The maximum Gasteiger partial charge on any atom is 0.324 e. The van der Waals surface area contributed by atoms with Crippen LogP contribution in [0.1, 0.15) is 83.0 Å². The van der Waals surface area contributed by atoms with Crippen molar-refractivity contribution in [3.8, 4) is 5.75 Å². The first kappa shape index (κ1) is 30.6.